The number of nitrogens with zero attached hydrogens (tertiary/aromatic N) is 1. The van der Waals surface area contributed by atoms with E-state index in [2.05, 4.69) is 0 Å². The van der Waals surface area contributed by atoms with Gasteiger partial charge < -0.3 is 15.6 Å². The first kappa shape index (κ1) is 15.8. The van der Waals surface area contributed by atoms with Gasteiger partial charge in [0.2, 0.25) is 5.91 Å². The fourth-order valence-corrected chi connectivity index (χ4v) is 3.70. The van der Waals surface area contributed by atoms with Gasteiger partial charge >= 0.3 is 5.97 Å². The number of thioether (sulfide) groups is 1. The second-order valence-electron chi connectivity index (χ2n) is 5.06. The molecule has 1 aromatic carbocycles. The summed E-state index contributed by atoms with van der Waals surface area (Å²) in [4.78, 5) is 24.4. The molecule has 3 rings (SSSR count). The number of fused-ring (bicyclic) bond motifs is 1. The van der Waals surface area contributed by atoms with Crippen LogP contribution in [0.15, 0.2) is 29.5 Å². The number of ether oxygens (including phenoxy) is 1. The van der Waals surface area contributed by atoms with Gasteiger partial charge in [-0.05, 0) is 12.1 Å². The van der Waals surface area contributed by atoms with E-state index in [4.69, 9.17) is 10.5 Å². The van der Waals surface area contributed by atoms with Crippen LogP contribution in [-0.4, -0.2) is 45.7 Å². The van der Waals surface area contributed by atoms with Crippen molar-refractivity contribution in [2.75, 3.05) is 12.4 Å². The third kappa shape index (κ3) is 2.66. The lowest BCUT2D eigenvalue weighted by atomic mass is 10.0. The second kappa shape index (κ2) is 5.82. The molecule has 0 saturated carbocycles. The number of β-lactam (4-membered cyclic amide) rings is 1. The Balaban J connectivity index is 1.81. The van der Waals surface area contributed by atoms with Crippen molar-refractivity contribution in [3.63, 3.8) is 0 Å². The summed E-state index contributed by atoms with van der Waals surface area (Å²) in [5.41, 5.74) is 5.87. The molecule has 3 N–H and O–H groups in total. The van der Waals surface area contributed by atoms with E-state index in [1.807, 2.05) is 0 Å². The summed E-state index contributed by atoms with van der Waals surface area (Å²) >= 11 is 1.34. The Morgan fingerprint density at radius 2 is 2.17 bits per heavy atom. The van der Waals surface area contributed by atoms with Crippen LogP contribution in [0.25, 0.3) is 0 Å². The highest BCUT2D eigenvalue weighted by Crippen LogP contribution is 2.39. The molecule has 6 nitrogen and oxygen atoms in total. The predicted octanol–water partition coefficient (Wildman–Crippen LogP) is 0.925. The lowest BCUT2D eigenvalue weighted by molar-refractivity contribution is -0.148. The van der Waals surface area contributed by atoms with Crippen molar-refractivity contribution in [2.24, 2.45) is 5.73 Å². The van der Waals surface area contributed by atoms with Gasteiger partial charge in [-0.2, -0.15) is 0 Å². The van der Waals surface area contributed by atoms with E-state index < -0.39 is 29.6 Å². The number of carbonyl (C=O) groups excluding carboxylic acids is 1. The number of amides is 1. The number of hydrogen-bond acceptors (Lipinski definition) is 5. The number of carboxylic acids is 1. The molecule has 122 valence electrons. The fourth-order valence-electron chi connectivity index (χ4n) is 2.43. The molecule has 0 spiro atoms. The van der Waals surface area contributed by atoms with Crippen LogP contribution in [0.5, 0.6) is 5.75 Å². The molecule has 0 aliphatic carbocycles. The van der Waals surface area contributed by atoms with Crippen LogP contribution in [0, 0.1) is 11.6 Å². The van der Waals surface area contributed by atoms with Gasteiger partial charge in [0.15, 0.2) is 11.6 Å². The quantitative estimate of drug-likeness (QED) is 0.791. The molecule has 1 unspecified atom stereocenters. The van der Waals surface area contributed by atoms with Crippen molar-refractivity contribution in [3.8, 4) is 5.75 Å². The summed E-state index contributed by atoms with van der Waals surface area (Å²) in [6.07, 6.45) is 0. The first-order valence-electron chi connectivity index (χ1n) is 6.63. The number of hydrogen-bond donors (Lipinski definition) is 2. The molecule has 2 aliphatic heterocycles. The van der Waals surface area contributed by atoms with E-state index >= 15 is 0 Å². The van der Waals surface area contributed by atoms with Crippen molar-refractivity contribution >= 4 is 23.6 Å². The van der Waals surface area contributed by atoms with Crippen LogP contribution >= 0.6 is 11.8 Å². The SMILES string of the molecule is NC1C(=O)N2C(C(=O)O)=C(COc3ccc(F)c(F)c3)CS[C@H]12. The average Bonchev–Trinajstić information content (AvgIpc) is 2.54. The molecule has 9 heteroatoms. The Labute approximate surface area is 133 Å². The van der Waals surface area contributed by atoms with Gasteiger partial charge in [0.1, 0.15) is 29.5 Å². The van der Waals surface area contributed by atoms with E-state index in [1.54, 1.807) is 0 Å². The fraction of sp³-hybridized carbons (Fsp3) is 0.286. The van der Waals surface area contributed by atoms with Crippen LogP contribution < -0.4 is 10.5 Å². The zero-order chi connectivity index (χ0) is 16.7. The zero-order valence-corrected chi connectivity index (χ0v) is 12.5. The van der Waals surface area contributed by atoms with Gasteiger partial charge in [0.25, 0.3) is 0 Å². The highest BCUT2D eigenvalue weighted by atomic mass is 32.2. The van der Waals surface area contributed by atoms with Crippen molar-refractivity contribution in [1.29, 1.82) is 0 Å². The van der Waals surface area contributed by atoms with E-state index in [0.29, 0.717) is 11.3 Å². The number of carboxylic acid groups (broad SMARTS) is 1. The predicted molar refractivity (Wildman–Crippen MR) is 77.6 cm³/mol. The van der Waals surface area contributed by atoms with Crippen molar-refractivity contribution in [3.05, 3.63) is 41.1 Å². The largest absolute Gasteiger partial charge is 0.489 e. The standard InChI is InChI=1S/C14H12F2N2O4S/c15-8-2-1-7(3-9(8)16)22-4-6-5-23-13-10(17)12(19)18(13)11(6)14(20)21/h1-3,10,13H,4-5,17H2,(H,20,21)/t10?,13-/m1/s1. The molecule has 0 radical (unpaired) electrons. The van der Waals surface area contributed by atoms with Gasteiger partial charge in [0.05, 0.1) is 0 Å². The van der Waals surface area contributed by atoms with Crippen LogP contribution in [0.4, 0.5) is 8.78 Å². The number of halogens is 2. The third-order valence-electron chi connectivity index (χ3n) is 3.60. The summed E-state index contributed by atoms with van der Waals surface area (Å²) in [6.45, 7) is -0.147. The lowest BCUT2D eigenvalue weighted by Gasteiger charge is -2.47. The van der Waals surface area contributed by atoms with Gasteiger partial charge in [-0.15, -0.1) is 11.8 Å². The monoisotopic (exact) mass is 342 g/mol. The first-order valence-corrected chi connectivity index (χ1v) is 7.68. The van der Waals surface area contributed by atoms with E-state index in [9.17, 15) is 23.5 Å². The van der Waals surface area contributed by atoms with Crippen LogP contribution in [-0.2, 0) is 9.59 Å². The molecule has 1 amide bonds. The highest BCUT2D eigenvalue weighted by Gasteiger charge is 2.51. The molecule has 23 heavy (non-hydrogen) atoms. The number of nitrogens with two attached hydrogens (primary N) is 1. The smallest absolute Gasteiger partial charge is 0.352 e. The minimum atomic E-state index is -1.25. The Bertz CT molecular complexity index is 725. The molecule has 2 atom stereocenters. The molecular formula is C14H12F2N2O4S. The van der Waals surface area contributed by atoms with Crippen molar-refractivity contribution in [1.82, 2.24) is 4.90 Å². The number of aliphatic carboxylic acids is 1. The maximum Gasteiger partial charge on any atom is 0.352 e. The van der Waals surface area contributed by atoms with E-state index in [0.717, 1.165) is 17.0 Å². The van der Waals surface area contributed by atoms with E-state index in [1.165, 1.54) is 17.8 Å². The summed E-state index contributed by atoms with van der Waals surface area (Å²) in [5.74, 6) is -3.37. The Morgan fingerprint density at radius 3 is 2.83 bits per heavy atom. The lowest BCUT2D eigenvalue weighted by Crippen LogP contribution is -2.68. The van der Waals surface area contributed by atoms with Gasteiger partial charge in [-0.1, -0.05) is 0 Å². The Morgan fingerprint density at radius 1 is 1.43 bits per heavy atom. The van der Waals surface area contributed by atoms with Crippen LogP contribution in [0.3, 0.4) is 0 Å². The molecule has 2 aliphatic rings. The molecule has 0 bridgehead atoms. The summed E-state index contributed by atoms with van der Waals surface area (Å²) in [6, 6.07) is 2.33. The average molecular weight is 342 g/mol. The third-order valence-corrected chi connectivity index (χ3v) is 4.96. The summed E-state index contributed by atoms with van der Waals surface area (Å²) < 4.78 is 31.3. The maximum atomic E-state index is 13.1. The maximum absolute atomic E-state index is 13.1. The zero-order valence-electron chi connectivity index (χ0n) is 11.7. The number of carbonyl (C=O) groups is 2. The molecule has 1 saturated heterocycles. The summed E-state index contributed by atoms with van der Waals surface area (Å²) in [7, 11) is 0. The molecule has 1 aromatic rings. The van der Waals surface area contributed by atoms with Crippen molar-refractivity contribution < 1.29 is 28.2 Å². The normalized spacial score (nSPS) is 23.4. The van der Waals surface area contributed by atoms with E-state index in [-0.39, 0.29) is 23.4 Å². The number of rotatable bonds is 4. The van der Waals surface area contributed by atoms with Crippen LogP contribution in [0.1, 0.15) is 0 Å². The minimum Gasteiger partial charge on any atom is -0.489 e. The minimum absolute atomic E-state index is 0.0694. The molecular weight excluding hydrogens is 330 g/mol. The molecule has 2 heterocycles. The molecule has 1 fully saturated rings. The Hall–Kier alpha value is -2.13. The van der Waals surface area contributed by atoms with Crippen LogP contribution in [0.2, 0.25) is 0 Å². The summed E-state index contributed by atoms with van der Waals surface area (Å²) in [5, 5.41) is 8.96. The number of benzene rings is 1. The van der Waals surface area contributed by atoms with Gasteiger partial charge in [-0.25, -0.2) is 13.6 Å². The molecule has 0 aromatic heterocycles. The van der Waals surface area contributed by atoms with Gasteiger partial charge in [0, 0.05) is 17.4 Å². The topological polar surface area (TPSA) is 92.9 Å². The van der Waals surface area contributed by atoms with Crippen molar-refractivity contribution in [2.45, 2.75) is 11.4 Å². The Kier molecular flexibility index (Phi) is 3.99. The highest BCUT2D eigenvalue weighted by molar-refractivity contribution is 8.00. The first-order chi connectivity index (χ1) is 10.9. The second-order valence-corrected chi connectivity index (χ2v) is 6.16. The van der Waals surface area contributed by atoms with Gasteiger partial charge in [-0.3, -0.25) is 9.69 Å².